The van der Waals surface area contributed by atoms with Crippen molar-refractivity contribution >= 4 is 16.6 Å². The predicted molar refractivity (Wildman–Crippen MR) is 75.7 cm³/mol. The number of hydrogen-bond acceptors (Lipinski definition) is 6. The van der Waals surface area contributed by atoms with Gasteiger partial charge in [-0.3, -0.25) is 9.59 Å². The summed E-state index contributed by atoms with van der Waals surface area (Å²) in [6.07, 6.45) is 0.823. The van der Waals surface area contributed by atoms with Crippen LogP contribution in [0.3, 0.4) is 0 Å². The number of carbonyl (C=O) groups is 1. The van der Waals surface area contributed by atoms with Gasteiger partial charge in [0.2, 0.25) is 5.43 Å². The largest absolute Gasteiger partial charge is 0.503 e. The van der Waals surface area contributed by atoms with Crippen LogP contribution < -0.4 is 10.7 Å². The molecule has 1 aromatic carbocycles. The molecule has 3 N–H and O–H groups in total. The highest BCUT2D eigenvalue weighted by Gasteiger charge is 2.09. The van der Waals surface area contributed by atoms with Crippen LogP contribution in [0.15, 0.2) is 46.2 Å². The van der Waals surface area contributed by atoms with Crippen molar-refractivity contribution in [2.24, 2.45) is 0 Å². The molecular formula is C13H12N2O6S. The van der Waals surface area contributed by atoms with Crippen LogP contribution >= 0.6 is 0 Å². The van der Waals surface area contributed by atoms with Crippen molar-refractivity contribution in [3.63, 3.8) is 0 Å². The second-order valence-electron chi connectivity index (χ2n) is 4.35. The van der Waals surface area contributed by atoms with E-state index >= 15 is 0 Å². The van der Waals surface area contributed by atoms with E-state index in [-0.39, 0.29) is 22.7 Å². The summed E-state index contributed by atoms with van der Waals surface area (Å²) in [5, 5.41) is 21.1. The minimum Gasteiger partial charge on any atom is -0.503 e. The molecule has 0 spiro atoms. The van der Waals surface area contributed by atoms with E-state index in [1.54, 1.807) is 0 Å². The number of nitrogens with zero attached hydrogens (tertiary/aromatic N) is 1. The standard InChI is InChI=1S/C13H12N2O6S/c16-11-5-9(15(19)7-12(11)17)6-14-13(18)8-1-3-10(4-2-8)22(20)21/h1-5,7,17,19,22H,6H2,(H,14,18). The Balaban J connectivity index is 2.10. The van der Waals surface area contributed by atoms with Crippen molar-refractivity contribution in [3.8, 4) is 5.75 Å². The van der Waals surface area contributed by atoms with E-state index in [1.807, 2.05) is 0 Å². The van der Waals surface area contributed by atoms with E-state index in [9.17, 15) is 23.2 Å². The number of hydrogen-bond donors (Lipinski definition) is 4. The fourth-order valence-electron chi connectivity index (χ4n) is 1.69. The number of benzene rings is 1. The van der Waals surface area contributed by atoms with Crippen LogP contribution in [-0.2, 0) is 17.2 Å². The van der Waals surface area contributed by atoms with Crippen molar-refractivity contribution < 1.29 is 23.5 Å². The Morgan fingerprint density at radius 2 is 1.86 bits per heavy atom. The second kappa shape index (κ2) is 6.31. The topological polar surface area (TPSA) is 126 Å². The molecule has 0 aliphatic heterocycles. The molecule has 1 amide bonds. The fourth-order valence-corrected chi connectivity index (χ4v) is 2.09. The quantitative estimate of drug-likeness (QED) is 0.451. The Morgan fingerprint density at radius 3 is 2.45 bits per heavy atom. The van der Waals surface area contributed by atoms with Gasteiger partial charge in [0.05, 0.1) is 23.3 Å². The minimum absolute atomic E-state index is 0.0791. The zero-order chi connectivity index (χ0) is 16.3. The van der Waals surface area contributed by atoms with Gasteiger partial charge in [-0.25, -0.2) is 8.42 Å². The molecule has 1 heterocycles. The van der Waals surface area contributed by atoms with Gasteiger partial charge in [-0.1, -0.05) is 0 Å². The number of nitrogens with one attached hydrogen (secondary N) is 1. The lowest BCUT2D eigenvalue weighted by Crippen LogP contribution is -2.25. The lowest BCUT2D eigenvalue weighted by molar-refractivity contribution is 0.0945. The summed E-state index contributed by atoms with van der Waals surface area (Å²) in [6.45, 7) is -0.150. The molecule has 0 unspecified atom stereocenters. The third-order valence-corrected chi connectivity index (χ3v) is 3.58. The van der Waals surface area contributed by atoms with E-state index in [1.165, 1.54) is 24.3 Å². The van der Waals surface area contributed by atoms with Gasteiger partial charge >= 0.3 is 0 Å². The van der Waals surface area contributed by atoms with E-state index in [4.69, 9.17) is 5.11 Å². The Hall–Kier alpha value is -2.81. The first kappa shape index (κ1) is 15.6. The normalized spacial score (nSPS) is 10.6. The molecule has 0 bridgehead atoms. The van der Waals surface area contributed by atoms with Crippen molar-refractivity contribution in [2.75, 3.05) is 0 Å². The maximum absolute atomic E-state index is 11.9. The number of amides is 1. The molecule has 22 heavy (non-hydrogen) atoms. The number of rotatable bonds is 4. The number of aromatic hydroxyl groups is 1. The van der Waals surface area contributed by atoms with Crippen molar-refractivity contribution in [1.82, 2.24) is 10.0 Å². The molecule has 0 saturated carbocycles. The van der Waals surface area contributed by atoms with Gasteiger partial charge in [-0.05, 0) is 24.3 Å². The molecule has 2 aromatic rings. The Kier molecular flexibility index (Phi) is 4.47. The van der Waals surface area contributed by atoms with Crippen LogP contribution in [0.25, 0.3) is 0 Å². The first-order chi connectivity index (χ1) is 10.4. The summed E-state index contributed by atoms with van der Waals surface area (Å²) in [4.78, 5) is 23.2. The zero-order valence-corrected chi connectivity index (χ0v) is 12.0. The summed E-state index contributed by atoms with van der Waals surface area (Å²) in [6, 6.07) is 6.27. The summed E-state index contributed by atoms with van der Waals surface area (Å²) >= 11 is 0. The SMILES string of the molecule is O=C(NCc1cc(=O)c(O)cn1O)c1ccc([SH](=O)=O)cc1. The molecule has 0 atom stereocenters. The highest BCUT2D eigenvalue weighted by atomic mass is 32.2. The lowest BCUT2D eigenvalue weighted by Gasteiger charge is -2.09. The van der Waals surface area contributed by atoms with Crippen LogP contribution in [0.1, 0.15) is 16.1 Å². The Morgan fingerprint density at radius 1 is 1.23 bits per heavy atom. The van der Waals surface area contributed by atoms with Crippen LogP contribution in [0.2, 0.25) is 0 Å². The summed E-state index contributed by atoms with van der Waals surface area (Å²) in [7, 11) is -2.71. The van der Waals surface area contributed by atoms with Gasteiger partial charge in [0.1, 0.15) is 0 Å². The van der Waals surface area contributed by atoms with Gasteiger partial charge in [-0.15, -0.1) is 0 Å². The predicted octanol–water partition coefficient (Wildman–Crippen LogP) is -0.308. The first-order valence-corrected chi connectivity index (χ1v) is 7.22. The van der Waals surface area contributed by atoms with Crippen LogP contribution in [0, 0.1) is 0 Å². The third kappa shape index (κ3) is 3.44. The number of aromatic nitrogens is 1. The van der Waals surface area contributed by atoms with Crippen molar-refractivity contribution in [2.45, 2.75) is 11.4 Å². The molecular weight excluding hydrogens is 312 g/mol. The van der Waals surface area contributed by atoms with Gasteiger partial charge in [0.25, 0.3) is 5.91 Å². The molecule has 0 saturated heterocycles. The van der Waals surface area contributed by atoms with E-state index in [0.717, 1.165) is 12.3 Å². The smallest absolute Gasteiger partial charge is 0.251 e. The minimum atomic E-state index is -2.71. The molecule has 8 nitrogen and oxygen atoms in total. The van der Waals surface area contributed by atoms with Crippen LogP contribution in [-0.4, -0.2) is 29.4 Å². The molecule has 0 aliphatic rings. The highest BCUT2D eigenvalue weighted by Crippen LogP contribution is 2.07. The molecule has 2 rings (SSSR count). The molecule has 0 radical (unpaired) electrons. The van der Waals surface area contributed by atoms with E-state index in [0.29, 0.717) is 4.73 Å². The van der Waals surface area contributed by atoms with Gasteiger partial charge in [0.15, 0.2) is 16.5 Å². The number of thiol groups is 1. The summed E-state index contributed by atoms with van der Waals surface area (Å²) in [5.74, 6) is -1.12. The maximum atomic E-state index is 11.9. The van der Waals surface area contributed by atoms with Crippen LogP contribution in [0.4, 0.5) is 0 Å². The van der Waals surface area contributed by atoms with Gasteiger partial charge < -0.3 is 15.6 Å². The third-order valence-electron chi connectivity index (χ3n) is 2.86. The highest BCUT2D eigenvalue weighted by molar-refractivity contribution is 7.72. The van der Waals surface area contributed by atoms with E-state index in [2.05, 4.69) is 5.32 Å². The monoisotopic (exact) mass is 324 g/mol. The van der Waals surface area contributed by atoms with Crippen LogP contribution in [0.5, 0.6) is 5.75 Å². The first-order valence-electron chi connectivity index (χ1n) is 6.05. The molecule has 0 fully saturated rings. The lowest BCUT2D eigenvalue weighted by atomic mass is 10.2. The molecule has 0 aliphatic carbocycles. The van der Waals surface area contributed by atoms with Crippen molar-refractivity contribution in [1.29, 1.82) is 0 Å². The molecule has 9 heteroatoms. The average molecular weight is 324 g/mol. The summed E-state index contributed by atoms with van der Waals surface area (Å²) in [5.41, 5.74) is -0.375. The van der Waals surface area contributed by atoms with E-state index < -0.39 is 27.8 Å². The van der Waals surface area contributed by atoms with Gasteiger partial charge in [0, 0.05) is 11.6 Å². The zero-order valence-electron chi connectivity index (χ0n) is 11.1. The van der Waals surface area contributed by atoms with Gasteiger partial charge in [-0.2, -0.15) is 4.73 Å². The Bertz CT molecular complexity index is 831. The fraction of sp³-hybridized carbons (Fsp3) is 0.0769. The summed E-state index contributed by atoms with van der Waals surface area (Å²) < 4.78 is 22.0. The number of carbonyl (C=O) groups excluding carboxylic acids is 1. The second-order valence-corrected chi connectivity index (χ2v) is 5.38. The molecule has 116 valence electrons. The maximum Gasteiger partial charge on any atom is 0.251 e. The average Bonchev–Trinajstić information content (AvgIpc) is 2.49. The molecule has 1 aromatic heterocycles. The van der Waals surface area contributed by atoms with Crippen molar-refractivity contribution in [3.05, 3.63) is 58.0 Å². The Labute approximate surface area is 126 Å². The number of pyridine rings is 1.